The summed E-state index contributed by atoms with van der Waals surface area (Å²) in [5, 5.41) is 5.27. The second-order valence-electron chi connectivity index (χ2n) is 7.89. The highest BCUT2D eigenvalue weighted by Gasteiger charge is 2.19. The summed E-state index contributed by atoms with van der Waals surface area (Å²) >= 11 is 0. The average molecular weight is 468 g/mol. The van der Waals surface area contributed by atoms with Gasteiger partial charge in [0.2, 0.25) is 10.0 Å². The highest BCUT2D eigenvalue weighted by atomic mass is 32.2. The second kappa shape index (κ2) is 10.1. The quantitative estimate of drug-likeness (QED) is 0.373. The highest BCUT2D eigenvalue weighted by molar-refractivity contribution is 7.89. The zero-order valence-electron chi connectivity index (χ0n) is 18.3. The molecule has 1 N–H and O–H groups in total. The van der Waals surface area contributed by atoms with Gasteiger partial charge in [-0.15, -0.1) is 0 Å². The molecule has 0 saturated heterocycles. The molecule has 33 heavy (non-hydrogen) atoms. The number of rotatable bonds is 10. The first-order chi connectivity index (χ1) is 15.9. The molecular formula is C25H26FN3O3S. The fourth-order valence-electron chi connectivity index (χ4n) is 3.70. The van der Waals surface area contributed by atoms with Crippen LogP contribution in [0.25, 0.3) is 16.6 Å². The summed E-state index contributed by atoms with van der Waals surface area (Å²) in [5.74, 6) is 0.395. The third kappa shape index (κ3) is 5.97. The Morgan fingerprint density at radius 3 is 2.55 bits per heavy atom. The van der Waals surface area contributed by atoms with Gasteiger partial charge in [0.25, 0.3) is 0 Å². The van der Waals surface area contributed by atoms with Crippen molar-refractivity contribution in [2.24, 2.45) is 0 Å². The molecule has 0 fully saturated rings. The Balaban J connectivity index is 1.50. The van der Waals surface area contributed by atoms with Crippen molar-refractivity contribution in [3.8, 4) is 11.4 Å². The molecule has 0 aliphatic heterocycles. The zero-order chi connectivity index (χ0) is 23.3. The number of ether oxygens (including phenoxy) is 1. The van der Waals surface area contributed by atoms with Crippen molar-refractivity contribution in [3.05, 3.63) is 90.4 Å². The lowest BCUT2D eigenvalue weighted by molar-refractivity contribution is 0.278. The van der Waals surface area contributed by atoms with Crippen LogP contribution in [0.2, 0.25) is 0 Å². The van der Waals surface area contributed by atoms with Gasteiger partial charge in [-0.2, -0.15) is 5.10 Å². The summed E-state index contributed by atoms with van der Waals surface area (Å²) in [6, 6.07) is 21.0. The van der Waals surface area contributed by atoms with E-state index in [0.29, 0.717) is 18.6 Å². The Kier molecular flexibility index (Phi) is 7.05. The van der Waals surface area contributed by atoms with Gasteiger partial charge in [-0.1, -0.05) is 37.3 Å². The van der Waals surface area contributed by atoms with Crippen LogP contribution in [0.1, 0.15) is 18.9 Å². The van der Waals surface area contributed by atoms with Crippen LogP contribution in [0.3, 0.4) is 0 Å². The third-order valence-corrected chi connectivity index (χ3v) is 6.84. The van der Waals surface area contributed by atoms with Gasteiger partial charge < -0.3 is 4.74 Å². The van der Waals surface area contributed by atoms with Crippen LogP contribution < -0.4 is 9.46 Å². The molecule has 6 nitrogen and oxygen atoms in total. The lowest BCUT2D eigenvalue weighted by Crippen LogP contribution is -2.41. The molecule has 1 aromatic heterocycles. The average Bonchev–Trinajstić information content (AvgIpc) is 3.22. The van der Waals surface area contributed by atoms with Crippen molar-refractivity contribution in [2.45, 2.75) is 25.8 Å². The van der Waals surface area contributed by atoms with Gasteiger partial charge >= 0.3 is 0 Å². The molecule has 0 radical (unpaired) electrons. The van der Waals surface area contributed by atoms with E-state index < -0.39 is 16.1 Å². The molecule has 1 atom stereocenters. The lowest BCUT2D eigenvalue weighted by atomic mass is 10.1. The molecule has 4 aromatic rings. The number of halogens is 1. The number of sulfonamides is 1. The molecule has 8 heteroatoms. The molecule has 0 bridgehead atoms. The summed E-state index contributed by atoms with van der Waals surface area (Å²) in [6.07, 6.45) is 2.79. The number of hydrogen-bond donors (Lipinski definition) is 1. The molecule has 3 aromatic carbocycles. The maximum Gasteiger partial charge on any atom is 0.211 e. The van der Waals surface area contributed by atoms with Gasteiger partial charge in [0.05, 0.1) is 29.2 Å². The lowest BCUT2D eigenvalue weighted by Gasteiger charge is -2.19. The Hall–Kier alpha value is -3.23. The van der Waals surface area contributed by atoms with Crippen molar-refractivity contribution < 1.29 is 17.5 Å². The minimum atomic E-state index is -3.39. The SMILES string of the molecule is CCCS(=O)(=O)NC(COc1ccc2c(cnn2-c2ccc(F)cc2)c1)Cc1ccccc1. The van der Waals surface area contributed by atoms with Crippen LogP contribution >= 0.6 is 0 Å². The summed E-state index contributed by atoms with van der Waals surface area (Å²) < 4.78 is 48.5. The first-order valence-electron chi connectivity index (χ1n) is 10.8. The normalized spacial score (nSPS) is 12.7. The summed E-state index contributed by atoms with van der Waals surface area (Å²) in [6.45, 7) is 2.03. The number of benzene rings is 3. The maximum absolute atomic E-state index is 13.2. The highest BCUT2D eigenvalue weighted by Crippen LogP contribution is 2.23. The monoisotopic (exact) mass is 467 g/mol. The number of hydrogen-bond acceptors (Lipinski definition) is 4. The third-order valence-electron chi connectivity index (χ3n) is 5.21. The van der Waals surface area contributed by atoms with E-state index in [1.165, 1.54) is 12.1 Å². The van der Waals surface area contributed by atoms with Crippen LogP contribution in [0.4, 0.5) is 4.39 Å². The fraction of sp³-hybridized carbons (Fsp3) is 0.240. The van der Waals surface area contributed by atoms with E-state index in [-0.39, 0.29) is 18.2 Å². The van der Waals surface area contributed by atoms with E-state index in [1.807, 2.05) is 55.5 Å². The van der Waals surface area contributed by atoms with Gasteiger partial charge in [-0.25, -0.2) is 22.2 Å². The zero-order valence-corrected chi connectivity index (χ0v) is 19.1. The fourth-order valence-corrected chi connectivity index (χ4v) is 5.02. The molecule has 1 unspecified atom stereocenters. The second-order valence-corrected chi connectivity index (χ2v) is 9.76. The topological polar surface area (TPSA) is 73.2 Å². The van der Waals surface area contributed by atoms with Crippen LogP contribution in [0, 0.1) is 5.82 Å². The Labute approximate surface area is 193 Å². The van der Waals surface area contributed by atoms with Gasteiger partial charge in [0, 0.05) is 5.39 Å². The van der Waals surface area contributed by atoms with Crippen LogP contribution in [-0.4, -0.2) is 36.6 Å². The number of nitrogens with zero attached hydrogens (tertiary/aromatic N) is 2. The molecular weight excluding hydrogens is 441 g/mol. The molecule has 172 valence electrons. The van der Waals surface area contributed by atoms with Crippen molar-refractivity contribution in [1.29, 1.82) is 0 Å². The Bertz CT molecular complexity index is 1310. The van der Waals surface area contributed by atoms with Crippen molar-refractivity contribution in [3.63, 3.8) is 0 Å². The van der Waals surface area contributed by atoms with E-state index >= 15 is 0 Å². The maximum atomic E-state index is 13.2. The number of aromatic nitrogens is 2. The van der Waals surface area contributed by atoms with E-state index in [0.717, 1.165) is 22.2 Å². The van der Waals surface area contributed by atoms with Gasteiger partial charge in [-0.3, -0.25) is 0 Å². The summed E-state index contributed by atoms with van der Waals surface area (Å²) in [4.78, 5) is 0. The molecule has 0 saturated carbocycles. The van der Waals surface area contributed by atoms with Gasteiger partial charge in [0.15, 0.2) is 0 Å². The van der Waals surface area contributed by atoms with E-state index in [9.17, 15) is 12.8 Å². The summed E-state index contributed by atoms with van der Waals surface area (Å²) in [5.41, 5.74) is 2.65. The number of fused-ring (bicyclic) bond motifs is 1. The molecule has 0 spiro atoms. The van der Waals surface area contributed by atoms with Crippen LogP contribution in [0.5, 0.6) is 5.75 Å². The predicted octanol–water partition coefficient (Wildman–Crippen LogP) is 4.48. The first-order valence-corrected chi connectivity index (χ1v) is 12.5. The van der Waals surface area contributed by atoms with E-state index in [4.69, 9.17) is 4.74 Å². The Morgan fingerprint density at radius 1 is 1.06 bits per heavy atom. The van der Waals surface area contributed by atoms with E-state index in [1.54, 1.807) is 23.0 Å². The Morgan fingerprint density at radius 2 is 1.82 bits per heavy atom. The standard InChI is InChI=1S/C25H26FN3O3S/c1-2-14-33(30,31)28-22(15-19-6-4-3-5-7-19)18-32-24-12-13-25-20(16-24)17-27-29(25)23-10-8-21(26)9-11-23/h3-13,16-17,22,28H,2,14-15,18H2,1H3. The molecule has 0 amide bonds. The van der Waals surface area contributed by atoms with E-state index in [2.05, 4.69) is 9.82 Å². The molecule has 0 aliphatic carbocycles. The van der Waals surface area contributed by atoms with Gasteiger partial charge in [0.1, 0.15) is 18.2 Å². The molecule has 1 heterocycles. The van der Waals surface area contributed by atoms with Crippen LogP contribution in [-0.2, 0) is 16.4 Å². The predicted molar refractivity (Wildman–Crippen MR) is 128 cm³/mol. The minimum absolute atomic E-state index is 0.0762. The minimum Gasteiger partial charge on any atom is -0.492 e. The smallest absolute Gasteiger partial charge is 0.211 e. The molecule has 0 aliphatic rings. The van der Waals surface area contributed by atoms with Crippen molar-refractivity contribution >= 4 is 20.9 Å². The molecule has 4 rings (SSSR count). The van der Waals surface area contributed by atoms with Gasteiger partial charge in [-0.05, 0) is 60.9 Å². The van der Waals surface area contributed by atoms with Crippen molar-refractivity contribution in [1.82, 2.24) is 14.5 Å². The van der Waals surface area contributed by atoms with Crippen molar-refractivity contribution in [2.75, 3.05) is 12.4 Å². The largest absolute Gasteiger partial charge is 0.492 e. The summed E-state index contributed by atoms with van der Waals surface area (Å²) in [7, 11) is -3.39. The number of nitrogens with one attached hydrogen (secondary N) is 1. The first kappa shape index (κ1) is 22.9. The van der Waals surface area contributed by atoms with Crippen LogP contribution in [0.15, 0.2) is 79.0 Å².